The summed E-state index contributed by atoms with van der Waals surface area (Å²) in [5, 5.41) is 0.730. The Hall–Kier alpha value is -1.32. The van der Waals surface area contributed by atoms with Crippen molar-refractivity contribution < 1.29 is 0 Å². The molecule has 2 nitrogen and oxygen atoms in total. The van der Waals surface area contributed by atoms with Gasteiger partial charge in [-0.2, -0.15) is 0 Å². The molecule has 0 spiro atoms. The lowest BCUT2D eigenvalue weighted by Crippen LogP contribution is -1.82. The number of hydrogen-bond acceptors (Lipinski definition) is 1. The van der Waals surface area contributed by atoms with E-state index in [-0.39, 0.29) is 0 Å². The molecule has 90 valence electrons. The highest BCUT2D eigenvalue weighted by Gasteiger charge is 2.07. The lowest BCUT2D eigenvalue weighted by Gasteiger charge is -2.02. The third kappa shape index (κ3) is 2.04. The fourth-order valence-corrected chi connectivity index (χ4v) is 2.49. The van der Waals surface area contributed by atoms with Crippen LogP contribution in [0, 0.1) is 6.92 Å². The van der Waals surface area contributed by atoms with Crippen LogP contribution in [-0.4, -0.2) is 9.38 Å². The van der Waals surface area contributed by atoms with Gasteiger partial charge in [-0.25, -0.2) is 4.98 Å². The summed E-state index contributed by atoms with van der Waals surface area (Å²) in [6.45, 7) is 2.06. The Labute approximate surface area is 118 Å². The second kappa shape index (κ2) is 4.41. The van der Waals surface area contributed by atoms with Crippen LogP contribution in [0.3, 0.4) is 0 Å². The van der Waals surface area contributed by atoms with Gasteiger partial charge in [-0.15, -0.1) is 0 Å². The van der Waals surface area contributed by atoms with Crippen LogP contribution in [0.25, 0.3) is 16.9 Å². The molecule has 0 bridgehead atoms. The third-order valence-corrected chi connectivity index (χ3v) is 3.59. The average Bonchev–Trinajstić information content (AvgIpc) is 2.74. The fourth-order valence-electron chi connectivity index (χ4n) is 1.96. The van der Waals surface area contributed by atoms with E-state index >= 15 is 0 Å². The van der Waals surface area contributed by atoms with E-state index in [0.29, 0.717) is 0 Å². The second-order valence-corrected chi connectivity index (χ2v) is 5.55. The maximum Gasteiger partial charge on any atom is 0.137 e. The lowest BCUT2D eigenvalue weighted by molar-refractivity contribution is 1.17. The van der Waals surface area contributed by atoms with Crippen molar-refractivity contribution >= 4 is 33.2 Å². The first-order valence-corrected chi connectivity index (χ1v) is 6.71. The van der Waals surface area contributed by atoms with Crippen LogP contribution in [0.2, 0.25) is 5.02 Å². The van der Waals surface area contributed by atoms with Crippen molar-refractivity contribution in [2.24, 2.45) is 0 Å². The van der Waals surface area contributed by atoms with E-state index < -0.39 is 0 Å². The molecule has 3 rings (SSSR count). The summed E-state index contributed by atoms with van der Waals surface area (Å²) in [5.74, 6) is 0. The normalized spacial score (nSPS) is 11.1. The minimum Gasteiger partial charge on any atom is -0.305 e. The van der Waals surface area contributed by atoms with Crippen LogP contribution in [0.15, 0.2) is 47.2 Å². The zero-order chi connectivity index (χ0) is 12.7. The van der Waals surface area contributed by atoms with Crippen molar-refractivity contribution in [1.29, 1.82) is 0 Å². The van der Waals surface area contributed by atoms with Crippen LogP contribution in [-0.2, 0) is 0 Å². The molecule has 0 amide bonds. The predicted octanol–water partition coefficient (Wildman–Crippen LogP) is 4.73. The smallest absolute Gasteiger partial charge is 0.137 e. The summed E-state index contributed by atoms with van der Waals surface area (Å²) in [6, 6.07) is 9.82. The summed E-state index contributed by atoms with van der Waals surface area (Å²) in [4.78, 5) is 4.61. The van der Waals surface area contributed by atoms with Crippen LogP contribution >= 0.6 is 27.5 Å². The molecule has 2 heterocycles. The van der Waals surface area contributed by atoms with E-state index in [9.17, 15) is 0 Å². The van der Waals surface area contributed by atoms with Crippen LogP contribution in [0.5, 0.6) is 0 Å². The van der Waals surface area contributed by atoms with Gasteiger partial charge in [-0.1, -0.05) is 17.7 Å². The molecule has 0 aliphatic carbocycles. The van der Waals surface area contributed by atoms with E-state index in [1.807, 2.05) is 47.1 Å². The fraction of sp³-hybridized carbons (Fsp3) is 0.0714. The van der Waals surface area contributed by atoms with Crippen molar-refractivity contribution in [2.75, 3.05) is 0 Å². The van der Waals surface area contributed by atoms with Gasteiger partial charge in [-0.05, 0) is 52.7 Å². The Morgan fingerprint density at radius 3 is 2.83 bits per heavy atom. The lowest BCUT2D eigenvalue weighted by atomic mass is 10.1. The molecule has 0 fully saturated rings. The second-order valence-electron chi connectivity index (χ2n) is 4.20. The maximum absolute atomic E-state index is 6.05. The van der Waals surface area contributed by atoms with Crippen LogP contribution < -0.4 is 0 Å². The Balaban J connectivity index is 2.22. The molecule has 1 aromatic carbocycles. The molecule has 4 heteroatoms. The van der Waals surface area contributed by atoms with E-state index in [0.717, 1.165) is 26.4 Å². The van der Waals surface area contributed by atoms with Gasteiger partial charge >= 0.3 is 0 Å². The number of rotatable bonds is 1. The Morgan fingerprint density at radius 2 is 2.00 bits per heavy atom. The number of aryl methyl sites for hydroxylation is 1. The summed E-state index contributed by atoms with van der Waals surface area (Å²) < 4.78 is 3.03. The van der Waals surface area contributed by atoms with Gasteiger partial charge < -0.3 is 4.40 Å². The maximum atomic E-state index is 6.05. The molecule has 0 saturated carbocycles. The minimum atomic E-state index is 0.730. The zero-order valence-corrected chi connectivity index (χ0v) is 12.0. The Morgan fingerprint density at radius 1 is 1.17 bits per heavy atom. The number of pyridine rings is 1. The summed E-state index contributed by atoms with van der Waals surface area (Å²) in [7, 11) is 0. The Kier molecular flexibility index (Phi) is 2.88. The molecule has 0 saturated heterocycles. The van der Waals surface area contributed by atoms with Crippen molar-refractivity contribution in [3.63, 3.8) is 0 Å². The Bertz CT molecular complexity index is 734. The van der Waals surface area contributed by atoms with Gasteiger partial charge in [-0.3, -0.25) is 0 Å². The molecule has 3 aromatic rings. The first-order chi connectivity index (χ1) is 8.63. The van der Waals surface area contributed by atoms with E-state index in [1.54, 1.807) is 0 Å². The van der Waals surface area contributed by atoms with Gasteiger partial charge in [0.05, 0.1) is 5.69 Å². The summed E-state index contributed by atoms with van der Waals surface area (Å²) in [6.07, 6.45) is 4.00. The molecule has 0 N–H and O–H groups in total. The quantitative estimate of drug-likeness (QED) is 0.633. The van der Waals surface area contributed by atoms with Crippen molar-refractivity contribution in [3.05, 3.63) is 57.8 Å². The number of nitrogens with zero attached hydrogens (tertiary/aromatic N) is 2. The molecule has 0 unspecified atom stereocenters. The van der Waals surface area contributed by atoms with Gasteiger partial charge in [0.1, 0.15) is 5.65 Å². The van der Waals surface area contributed by atoms with Crippen LogP contribution in [0.1, 0.15) is 5.56 Å². The highest BCUT2D eigenvalue weighted by Crippen LogP contribution is 2.26. The number of aromatic nitrogens is 2. The first-order valence-electron chi connectivity index (χ1n) is 5.54. The highest BCUT2D eigenvalue weighted by atomic mass is 79.9. The highest BCUT2D eigenvalue weighted by molar-refractivity contribution is 9.10. The third-order valence-electron chi connectivity index (χ3n) is 2.89. The number of imidazole rings is 1. The standard InChI is InChI=1S/C14H10BrClN2/c1-9-2-4-11(16)6-12(9)13-8-18-7-10(15)3-5-14(18)17-13/h2-8H,1H3. The van der Waals surface area contributed by atoms with E-state index in [4.69, 9.17) is 11.6 Å². The minimum absolute atomic E-state index is 0.730. The van der Waals surface area contributed by atoms with E-state index in [1.165, 1.54) is 5.56 Å². The number of halogens is 2. The molecule has 0 radical (unpaired) electrons. The summed E-state index contributed by atoms with van der Waals surface area (Å²) in [5.41, 5.74) is 4.10. The van der Waals surface area contributed by atoms with Crippen molar-refractivity contribution in [2.45, 2.75) is 6.92 Å². The monoisotopic (exact) mass is 320 g/mol. The average molecular weight is 322 g/mol. The molecule has 0 aliphatic heterocycles. The van der Waals surface area contributed by atoms with Gasteiger partial charge in [0, 0.05) is 27.5 Å². The van der Waals surface area contributed by atoms with Crippen LogP contribution in [0.4, 0.5) is 0 Å². The number of hydrogen-bond donors (Lipinski definition) is 0. The summed E-state index contributed by atoms with van der Waals surface area (Å²) >= 11 is 9.50. The van der Waals surface area contributed by atoms with Gasteiger partial charge in [0.25, 0.3) is 0 Å². The molecule has 0 aliphatic rings. The topological polar surface area (TPSA) is 17.3 Å². The molecule has 2 aromatic heterocycles. The molecule has 0 atom stereocenters. The number of benzene rings is 1. The largest absolute Gasteiger partial charge is 0.305 e. The molecule has 18 heavy (non-hydrogen) atoms. The van der Waals surface area contributed by atoms with Crippen molar-refractivity contribution in [3.8, 4) is 11.3 Å². The number of fused-ring (bicyclic) bond motifs is 1. The zero-order valence-electron chi connectivity index (χ0n) is 9.69. The first kappa shape index (κ1) is 11.8. The molecular formula is C14H10BrClN2. The SMILES string of the molecule is Cc1ccc(Cl)cc1-c1cn2cc(Br)ccc2n1. The predicted molar refractivity (Wildman–Crippen MR) is 78.1 cm³/mol. The van der Waals surface area contributed by atoms with Crippen molar-refractivity contribution in [1.82, 2.24) is 9.38 Å². The van der Waals surface area contributed by atoms with Gasteiger partial charge in [0.2, 0.25) is 0 Å². The van der Waals surface area contributed by atoms with Gasteiger partial charge in [0.15, 0.2) is 0 Å². The van der Waals surface area contributed by atoms with E-state index in [2.05, 4.69) is 27.8 Å². The molecular weight excluding hydrogens is 312 g/mol.